The summed E-state index contributed by atoms with van der Waals surface area (Å²) in [4.78, 5) is 25.1. The Hall–Kier alpha value is -0.860. The average molecular weight is 268 g/mol. The highest BCUT2D eigenvalue weighted by Gasteiger charge is 2.72. The molecule has 0 unspecified atom stereocenters. The molecule has 0 N–H and O–H groups in total. The van der Waals surface area contributed by atoms with Gasteiger partial charge in [-0.15, -0.1) is 0 Å². The molecule has 3 nitrogen and oxygen atoms in total. The first-order valence-corrected chi connectivity index (χ1v) is 7.34. The largest absolute Gasteiger partial charge is 0.392 e. The summed E-state index contributed by atoms with van der Waals surface area (Å²) < 4.78 is 5.16. The molecule has 0 aromatic rings. The molecule has 19 heavy (non-hydrogen) atoms. The van der Waals surface area contributed by atoms with Crippen molar-refractivity contribution in [1.82, 2.24) is 0 Å². The molecule has 0 saturated carbocycles. The third kappa shape index (κ3) is 1.70. The molecule has 110 valence electrons. The summed E-state index contributed by atoms with van der Waals surface area (Å²) >= 11 is 0. The van der Waals surface area contributed by atoms with Gasteiger partial charge in [0.05, 0.1) is 10.8 Å². The Morgan fingerprint density at radius 1 is 0.632 bits per heavy atom. The fourth-order valence-electron chi connectivity index (χ4n) is 4.78. The van der Waals surface area contributed by atoms with Gasteiger partial charge in [0.25, 0.3) is 0 Å². The zero-order valence-corrected chi connectivity index (χ0v) is 13.5. The molecule has 1 fully saturated rings. The van der Waals surface area contributed by atoms with E-state index in [1.807, 2.05) is 55.4 Å². The van der Waals surface area contributed by atoms with Gasteiger partial charge in [-0.25, -0.2) is 0 Å². The van der Waals surface area contributed by atoms with Crippen molar-refractivity contribution >= 4 is 11.9 Å². The average Bonchev–Trinajstić information content (AvgIpc) is 2.46. The molecule has 0 aliphatic carbocycles. The van der Waals surface area contributed by atoms with E-state index in [2.05, 4.69) is 0 Å². The smallest absolute Gasteiger partial charge is 0.321 e. The Kier molecular flexibility index (Phi) is 4.19. The van der Waals surface area contributed by atoms with Gasteiger partial charge in [-0.3, -0.25) is 9.59 Å². The van der Waals surface area contributed by atoms with Gasteiger partial charge >= 0.3 is 11.9 Å². The molecule has 1 aliphatic rings. The van der Waals surface area contributed by atoms with E-state index in [0.717, 1.165) is 0 Å². The lowest BCUT2D eigenvalue weighted by Gasteiger charge is -2.50. The highest BCUT2D eigenvalue weighted by Crippen LogP contribution is 2.63. The molecule has 0 atom stereocenters. The van der Waals surface area contributed by atoms with Gasteiger partial charge in [-0.2, -0.15) is 0 Å². The Labute approximate surface area is 117 Å². The zero-order chi connectivity index (χ0) is 15.2. The van der Waals surface area contributed by atoms with Crippen LogP contribution in [0.15, 0.2) is 0 Å². The van der Waals surface area contributed by atoms with E-state index in [4.69, 9.17) is 4.74 Å². The number of esters is 2. The van der Waals surface area contributed by atoms with E-state index in [0.29, 0.717) is 0 Å². The van der Waals surface area contributed by atoms with Crippen molar-refractivity contribution in [2.75, 3.05) is 0 Å². The number of carbonyl (C=O) groups is 2. The van der Waals surface area contributed by atoms with Crippen molar-refractivity contribution in [3.05, 3.63) is 0 Å². The summed E-state index contributed by atoms with van der Waals surface area (Å²) in [5, 5.41) is 0. The maximum Gasteiger partial charge on any atom is 0.321 e. The van der Waals surface area contributed by atoms with Crippen molar-refractivity contribution in [3.63, 3.8) is 0 Å². The molecule has 0 aromatic carbocycles. The van der Waals surface area contributed by atoms with E-state index >= 15 is 0 Å². The van der Waals surface area contributed by atoms with Crippen LogP contribution in [0.1, 0.15) is 55.4 Å². The molecule has 1 aliphatic heterocycles. The number of ether oxygens (including phenoxy) is 1. The first-order chi connectivity index (χ1) is 8.57. The number of hydrogen-bond donors (Lipinski definition) is 0. The third-order valence-corrected chi connectivity index (χ3v) is 5.19. The Morgan fingerprint density at radius 2 is 0.842 bits per heavy atom. The Balaban J connectivity index is 3.72. The lowest BCUT2D eigenvalue weighted by Crippen LogP contribution is -2.57. The normalized spacial score (nSPS) is 21.9. The Bertz CT molecular complexity index is 325. The summed E-state index contributed by atoms with van der Waals surface area (Å²) in [7, 11) is 0. The van der Waals surface area contributed by atoms with Gasteiger partial charge in [0.1, 0.15) is 0 Å². The second-order valence-electron chi connectivity index (χ2n) is 7.03. The van der Waals surface area contributed by atoms with Crippen molar-refractivity contribution in [1.29, 1.82) is 0 Å². The van der Waals surface area contributed by atoms with Crippen molar-refractivity contribution in [2.45, 2.75) is 55.4 Å². The molecule has 0 amide bonds. The van der Waals surface area contributed by atoms with Crippen molar-refractivity contribution < 1.29 is 14.3 Å². The summed E-state index contributed by atoms with van der Waals surface area (Å²) in [6.45, 7) is 16.2. The molecular weight excluding hydrogens is 240 g/mol. The number of rotatable bonds is 4. The second-order valence-corrected chi connectivity index (χ2v) is 7.03. The third-order valence-electron chi connectivity index (χ3n) is 5.19. The van der Waals surface area contributed by atoms with Crippen molar-refractivity contribution in [3.8, 4) is 0 Å². The fourth-order valence-corrected chi connectivity index (χ4v) is 4.78. The molecule has 3 heteroatoms. The molecule has 0 aromatic heterocycles. The zero-order valence-electron chi connectivity index (χ0n) is 13.5. The van der Waals surface area contributed by atoms with E-state index in [-0.39, 0.29) is 35.6 Å². The van der Waals surface area contributed by atoms with E-state index in [1.165, 1.54) is 0 Å². The van der Waals surface area contributed by atoms with Gasteiger partial charge < -0.3 is 4.74 Å². The fraction of sp³-hybridized carbons (Fsp3) is 0.875. The molecule has 0 radical (unpaired) electrons. The second kappa shape index (κ2) is 4.92. The predicted octanol–water partition coefficient (Wildman–Crippen LogP) is 3.67. The van der Waals surface area contributed by atoms with Crippen molar-refractivity contribution in [2.24, 2.45) is 34.5 Å². The summed E-state index contributed by atoms with van der Waals surface area (Å²) in [5.74, 6) is -0.394. The maximum absolute atomic E-state index is 12.6. The quantitative estimate of drug-likeness (QED) is 0.577. The highest BCUT2D eigenvalue weighted by atomic mass is 16.6. The van der Waals surface area contributed by atoms with Crippen LogP contribution in [0.5, 0.6) is 0 Å². The van der Waals surface area contributed by atoms with Gasteiger partial charge in [0, 0.05) is 0 Å². The van der Waals surface area contributed by atoms with Gasteiger partial charge in [-0.1, -0.05) is 55.4 Å². The summed E-state index contributed by atoms with van der Waals surface area (Å²) in [6, 6.07) is 0. The first-order valence-electron chi connectivity index (χ1n) is 7.34. The van der Waals surface area contributed by atoms with Crippen LogP contribution in [-0.4, -0.2) is 11.9 Å². The molecule has 1 heterocycles. The predicted molar refractivity (Wildman–Crippen MR) is 75.3 cm³/mol. The van der Waals surface area contributed by atoms with Gasteiger partial charge in [-0.05, 0) is 23.7 Å². The SMILES string of the molecule is CC(C)C1(C(C)C)C(=O)OC(=O)C1(C(C)C)C(C)C. The van der Waals surface area contributed by atoms with E-state index < -0.39 is 10.8 Å². The van der Waals surface area contributed by atoms with Crippen LogP contribution in [0.3, 0.4) is 0 Å². The van der Waals surface area contributed by atoms with Crippen LogP contribution in [0.4, 0.5) is 0 Å². The van der Waals surface area contributed by atoms with Crippen LogP contribution in [0.2, 0.25) is 0 Å². The van der Waals surface area contributed by atoms with Crippen LogP contribution < -0.4 is 0 Å². The number of carbonyl (C=O) groups excluding carboxylic acids is 2. The molecule has 1 saturated heterocycles. The van der Waals surface area contributed by atoms with E-state index in [1.54, 1.807) is 0 Å². The van der Waals surface area contributed by atoms with Crippen LogP contribution >= 0.6 is 0 Å². The van der Waals surface area contributed by atoms with Crippen LogP contribution in [0.25, 0.3) is 0 Å². The van der Waals surface area contributed by atoms with Crippen LogP contribution in [0, 0.1) is 34.5 Å². The molecule has 1 rings (SSSR count). The lowest BCUT2D eigenvalue weighted by molar-refractivity contribution is -0.157. The maximum atomic E-state index is 12.6. The topological polar surface area (TPSA) is 43.4 Å². The minimum Gasteiger partial charge on any atom is -0.392 e. The minimum atomic E-state index is -0.730. The van der Waals surface area contributed by atoms with Gasteiger partial charge in [0.2, 0.25) is 0 Å². The van der Waals surface area contributed by atoms with E-state index in [9.17, 15) is 9.59 Å². The molecule has 0 bridgehead atoms. The monoisotopic (exact) mass is 268 g/mol. The number of hydrogen-bond acceptors (Lipinski definition) is 3. The molecule has 0 spiro atoms. The van der Waals surface area contributed by atoms with Crippen LogP contribution in [-0.2, 0) is 14.3 Å². The summed E-state index contributed by atoms with van der Waals surface area (Å²) in [5.41, 5.74) is -1.46. The molecular formula is C16H28O3. The highest BCUT2D eigenvalue weighted by molar-refractivity contribution is 6.02. The number of cyclic esters (lactones) is 2. The first kappa shape index (κ1) is 16.2. The Morgan fingerprint density at radius 3 is 1.00 bits per heavy atom. The summed E-state index contributed by atoms with van der Waals surface area (Å²) in [6.07, 6.45) is 0. The standard InChI is InChI=1S/C16H28O3/c1-9(2)15(10(3)4)13(17)19-14(18)16(15,11(5)6)12(7)8/h9-12H,1-8H3. The minimum absolute atomic E-state index is 0.0660. The van der Waals surface area contributed by atoms with Gasteiger partial charge in [0.15, 0.2) is 0 Å². The lowest BCUT2D eigenvalue weighted by atomic mass is 9.47.